The molecule has 0 bridgehead atoms. The summed E-state index contributed by atoms with van der Waals surface area (Å²) < 4.78 is 69.1. The molecule has 105 valence electrons. The molecule has 0 aromatic carbocycles. The van der Waals surface area contributed by atoms with Crippen LogP contribution in [0.25, 0.3) is 0 Å². The van der Waals surface area contributed by atoms with Crippen molar-refractivity contribution in [2.75, 3.05) is 0 Å². The number of rotatable bonds is 0. The van der Waals surface area contributed by atoms with Crippen molar-refractivity contribution in [2.45, 2.75) is 0 Å². The normalized spacial score (nSPS) is 6.94. The molecule has 0 unspecified atom stereocenters. The standard InChI is InChI=1S/5Mn.10O.2Sb/q5*+2;;;2*-2;6*-1;;. The van der Waals surface area contributed by atoms with Gasteiger partial charge in [0.25, 0.3) is 0 Å². The minimum absolute atomic E-state index is 0. The van der Waals surface area contributed by atoms with Crippen molar-refractivity contribution in [3.8, 4) is 0 Å². The van der Waals surface area contributed by atoms with Crippen LogP contribution in [0.5, 0.6) is 0 Å². The second-order valence-corrected chi connectivity index (χ2v) is 6.00. The average Bonchev–Trinajstić information content (AvgIpc) is 1.12. The quantitative estimate of drug-likeness (QED) is 0.223. The average molecular weight is 678 g/mol. The molecule has 0 saturated carbocycles. The molecular formula is Mn5O10Sb2. The first-order valence-corrected chi connectivity index (χ1v) is 9.80. The van der Waals surface area contributed by atoms with Crippen LogP contribution in [0.4, 0.5) is 0 Å². The molecule has 0 aromatic heterocycles. The summed E-state index contributed by atoms with van der Waals surface area (Å²) in [6.45, 7) is 0. The molecule has 0 spiro atoms. The molecule has 0 aromatic rings. The van der Waals surface area contributed by atoms with Gasteiger partial charge >= 0.3 is 152 Å². The molecule has 0 heterocycles. The van der Waals surface area contributed by atoms with Gasteiger partial charge in [-0.2, -0.15) is 0 Å². The van der Waals surface area contributed by atoms with Gasteiger partial charge in [-0.1, -0.05) is 0 Å². The SMILES string of the molecule is [Mn+2].[Mn+2].[Mn+2].[Mn+2].[Mn+2].[O-2].[O-2].[O]=[Sb]([O-])([O-])[O-].[O]=[Sb]([O-])([O-])[O-]. The van der Waals surface area contributed by atoms with Crippen molar-refractivity contribution < 1.29 is 123 Å². The van der Waals surface area contributed by atoms with Crippen LogP contribution in [0, 0.1) is 0 Å². The Labute approximate surface area is 160 Å². The second-order valence-electron chi connectivity index (χ2n) is 0.894. The van der Waals surface area contributed by atoms with Crippen LogP contribution in [0.3, 0.4) is 0 Å². The Kier molecular flexibility index (Phi) is 96.3. The summed E-state index contributed by atoms with van der Waals surface area (Å²) in [4.78, 5) is 0. The molecule has 17 heteroatoms. The van der Waals surface area contributed by atoms with Gasteiger partial charge in [0.15, 0.2) is 0 Å². The van der Waals surface area contributed by atoms with Crippen molar-refractivity contribution in [1.29, 1.82) is 0 Å². The molecule has 0 aliphatic heterocycles. The van der Waals surface area contributed by atoms with Crippen LogP contribution < -0.4 is 20.3 Å². The summed E-state index contributed by atoms with van der Waals surface area (Å²) in [7, 11) is 0. The third-order valence-electron chi connectivity index (χ3n) is 0. The van der Waals surface area contributed by atoms with E-state index in [1.807, 2.05) is 0 Å². The van der Waals surface area contributed by atoms with Crippen molar-refractivity contribution in [2.24, 2.45) is 0 Å². The van der Waals surface area contributed by atoms with Crippen LogP contribution in [-0.2, 0) is 102 Å². The predicted octanol–water partition coefficient (Wildman–Crippen LogP) is -8.38. The van der Waals surface area contributed by atoms with Crippen LogP contribution >= 0.6 is 0 Å². The third-order valence-corrected chi connectivity index (χ3v) is 0. The van der Waals surface area contributed by atoms with E-state index < -0.39 is 40.1 Å². The van der Waals surface area contributed by atoms with Gasteiger partial charge in [0, 0.05) is 0 Å². The van der Waals surface area contributed by atoms with Crippen LogP contribution in [0.1, 0.15) is 0 Å². The Morgan fingerprint density at radius 2 is 0.471 bits per heavy atom. The molecule has 0 atom stereocenters. The Balaban J connectivity index is -0.00000000762. The zero-order valence-electron chi connectivity index (χ0n) is 6.87. The van der Waals surface area contributed by atoms with E-state index in [1.54, 1.807) is 0 Å². The predicted molar refractivity (Wildman–Crippen MR) is 14.3 cm³/mol. The van der Waals surface area contributed by atoms with Crippen molar-refractivity contribution in [1.82, 2.24) is 0 Å². The van der Waals surface area contributed by atoms with Gasteiger partial charge in [-0.25, -0.2) is 0 Å². The van der Waals surface area contributed by atoms with Gasteiger partial charge in [0.05, 0.1) is 0 Å². The molecule has 0 N–H and O–H groups in total. The van der Waals surface area contributed by atoms with E-state index in [2.05, 4.69) is 0 Å². The summed E-state index contributed by atoms with van der Waals surface area (Å²) >= 11 is -12.2. The molecule has 0 aliphatic rings. The molecule has 17 heavy (non-hydrogen) atoms. The number of hydrogen-bond acceptors (Lipinski definition) is 8. The van der Waals surface area contributed by atoms with Gasteiger partial charge in [0.1, 0.15) is 0 Å². The van der Waals surface area contributed by atoms with Crippen LogP contribution in [-0.4, -0.2) is 40.1 Å². The van der Waals surface area contributed by atoms with Gasteiger partial charge in [-0.05, 0) is 0 Å². The molecule has 0 amide bonds. The summed E-state index contributed by atoms with van der Waals surface area (Å²) in [6, 6.07) is 0. The van der Waals surface area contributed by atoms with E-state index in [9.17, 15) is 0 Å². The first-order valence-electron chi connectivity index (χ1n) is 1.46. The molecule has 10 nitrogen and oxygen atoms in total. The Bertz CT molecular complexity index is 135. The maximum atomic E-state index is 8.64. The van der Waals surface area contributed by atoms with E-state index in [1.165, 1.54) is 0 Å². The summed E-state index contributed by atoms with van der Waals surface area (Å²) in [5.41, 5.74) is 0. The van der Waals surface area contributed by atoms with E-state index in [0.29, 0.717) is 0 Å². The fourth-order valence-electron chi connectivity index (χ4n) is 0. The summed E-state index contributed by atoms with van der Waals surface area (Å²) in [5.74, 6) is 0. The van der Waals surface area contributed by atoms with E-state index >= 15 is 0 Å². The van der Waals surface area contributed by atoms with Gasteiger partial charge < -0.3 is 11.0 Å². The fourth-order valence-corrected chi connectivity index (χ4v) is 0. The zero-order valence-corrected chi connectivity index (χ0v) is 17.9. The third kappa shape index (κ3) is 485. The van der Waals surface area contributed by atoms with E-state index in [4.69, 9.17) is 26.3 Å². The Hall–Kier alpha value is 3.51. The molecule has 5 radical (unpaired) electrons. The van der Waals surface area contributed by atoms with Gasteiger partial charge in [0.2, 0.25) is 0 Å². The number of hydrogen-bond donors (Lipinski definition) is 0. The Morgan fingerprint density at radius 3 is 0.471 bits per heavy atom. The summed E-state index contributed by atoms with van der Waals surface area (Å²) in [5, 5.41) is 0. The van der Waals surface area contributed by atoms with Crippen molar-refractivity contribution in [3.05, 3.63) is 0 Å². The monoisotopic (exact) mass is 676 g/mol. The van der Waals surface area contributed by atoms with Crippen molar-refractivity contribution >= 4 is 40.1 Å². The van der Waals surface area contributed by atoms with E-state index in [0.717, 1.165) is 0 Å². The molecule has 0 saturated heterocycles. The minimum atomic E-state index is -6.10. The Morgan fingerprint density at radius 1 is 0.471 bits per heavy atom. The zero-order chi connectivity index (χ0) is 9.00. The maximum absolute atomic E-state index is 8.64. The molecule has 0 rings (SSSR count). The van der Waals surface area contributed by atoms with Gasteiger partial charge in [-0.15, -0.1) is 0 Å². The van der Waals surface area contributed by atoms with Crippen LogP contribution in [0.2, 0.25) is 0 Å². The van der Waals surface area contributed by atoms with E-state index in [-0.39, 0.29) is 96.3 Å². The van der Waals surface area contributed by atoms with Crippen LogP contribution in [0.15, 0.2) is 0 Å². The second kappa shape index (κ2) is 27.8. The van der Waals surface area contributed by atoms with Crippen molar-refractivity contribution in [3.63, 3.8) is 0 Å². The fraction of sp³-hybridized carbons (Fsp3) is 0. The summed E-state index contributed by atoms with van der Waals surface area (Å²) in [6.07, 6.45) is 0. The topological polar surface area (TPSA) is 230 Å². The molecule has 0 aliphatic carbocycles. The van der Waals surface area contributed by atoms with Gasteiger partial charge in [-0.3, -0.25) is 0 Å². The first-order chi connectivity index (χ1) is 4.00. The molecule has 0 fully saturated rings. The first kappa shape index (κ1) is 58.9. The molecular weight excluding hydrogens is 678 g/mol.